The predicted molar refractivity (Wildman–Crippen MR) is 105 cm³/mol. The molecule has 0 aliphatic carbocycles. The van der Waals surface area contributed by atoms with E-state index in [2.05, 4.69) is 54.1 Å². The Balaban J connectivity index is 1.63. The van der Waals surface area contributed by atoms with Crippen molar-refractivity contribution in [2.75, 3.05) is 0 Å². The molecule has 0 radical (unpaired) electrons. The van der Waals surface area contributed by atoms with Gasteiger partial charge in [-0.25, -0.2) is 9.37 Å². The Bertz CT molecular complexity index is 967. The van der Waals surface area contributed by atoms with Crippen molar-refractivity contribution in [3.63, 3.8) is 0 Å². The van der Waals surface area contributed by atoms with Crippen LogP contribution < -0.4 is 0 Å². The van der Waals surface area contributed by atoms with E-state index in [1.165, 1.54) is 16.9 Å². The fourth-order valence-corrected chi connectivity index (χ4v) is 4.70. The van der Waals surface area contributed by atoms with Crippen molar-refractivity contribution in [1.82, 2.24) is 9.88 Å². The van der Waals surface area contributed by atoms with E-state index in [-0.39, 0.29) is 11.8 Å². The van der Waals surface area contributed by atoms with Crippen molar-refractivity contribution in [2.45, 2.75) is 38.9 Å². The van der Waals surface area contributed by atoms with Crippen molar-refractivity contribution in [3.8, 4) is 5.75 Å². The number of aromatic nitrogens is 1. The number of rotatable bonds is 3. The SMILES string of the molecule is C[C@@H]1C=C(c2nc3c(F)cc(O)cc3s2)C[C@H](C)N1Cc1ccccc1. The van der Waals surface area contributed by atoms with Crippen molar-refractivity contribution < 1.29 is 9.50 Å². The second-order valence-electron chi connectivity index (χ2n) is 6.94. The topological polar surface area (TPSA) is 36.4 Å². The summed E-state index contributed by atoms with van der Waals surface area (Å²) in [5.74, 6) is -0.524. The largest absolute Gasteiger partial charge is 0.508 e. The molecule has 0 unspecified atom stereocenters. The molecule has 2 aromatic carbocycles. The van der Waals surface area contributed by atoms with Crippen molar-refractivity contribution in [3.05, 3.63) is 64.9 Å². The standard InChI is InChI=1S/C21H21FN2OS/c1-13-8-16(9-14(2)24(13)12-15-6-4-3-5-7-15)21-23-20-18(22)10-17(25)11-19(20)26-21/h3-8,10-11,13-14,25H,9,12H2,1-2H3/t13-,14+/m1/s1. The molecule has 0 fully saturated rings. The first-order valence-electron chi connectivity index (χ1n) is 8.81. The Kier molecular flexibility index (Phi) is 4.51. The van der Waals surface area contributed by atoms with E-state index < -0.39 is 5.82 Å². The van der Waals surface area contributed by atoms with Crippen LogP contribution in [0.15, 0.2) is 48.5 Å². The number of halogens is 1. The van der Waals surface area contributed by atoms with Gasteiger partial charge in [0.15, 0.2) is 5.82 Å². The highest BCUT2D eigenvalue weighted by molar-refractivity contribution is 7.19. The molecule has 0 saturated heterocycles. The highest BCUT2D eigenvalue weighted by Gasteiger charge is 2.27. The molecule has 0 bridgehead atoms. The molecule has 4 rings (SSSR count). The summed E-state index contributed by atoms with van der Waals surface area (Å²) >= 11 is 1.44. The molecular weight excluding hydrogens is 347 g/mol. The Hall–Kier alpha value is -2.24. The molecule has 2 atom stereocenters. The minimum atomic E-state index is -0.467. The maximum atomic E-state index is 14.0. The lowest BCUT2D eigenvalue weighted by Crippen LogP contribution is -2.41. The molecule has 1 aromatic heterocycles. The van der Waals surface area contributed by atoms with Gasteiger partial charge in [0, 0.05) is 24.7 Å². The minimum absolute atomic E-state index is 0.0569. The number of phenols is 1. The van der Waals surface area contributed by atoms with Crippen molar-refractivity contribution in [2.24, 2.45) is 0 Å². The van der Waals surface area contributed by atoms with Crippen LogP contribution in [0, 0.1) is 5.82 Å². The number of hydrogen-bond acceptors (Lipinski definition) is 4. The first-order valence-corrected chi connectivity index (χ1v) is 9.62. The van der Waals surface area contributed by atoms with Gasteiger partial charge in [-0.1, -0.05) is 36.4 Å². The first-order chi connectivity index (χ1) is 12.5. The molecule has 0 spiro atoms. The van der Waals surface area contributed by atoms with Crippen LogP contribution in [0.3, 0.4) is 0 Å². The van der Waals surface area contributed by atoms with E-state index in [0.29, 0.717) is 16.3 Å². The molecule has 1 aliphatic rings. The van der Waals surface area contributed by atoms with Gasteiger partial charge in [0.1, 0.15) is 16.3 Å². The molecule has 0 amide bonds. The zero-order chi connectivity index (χ0) is 18.3. The highest BCUT2D eigenvalue weighted by atomic mass is 32.1. The van der Waals surface area contributed by atoms with Gasteiger partial charge in [-0.05, 0) is 37.5 Å². The Morgan fingerprint density at radius 2 is 2.00 bits per heavy atom. The molecule has 3 aromatic rings. The Morgan fingerprint density at radius 3 is 2.73 bits per heavy atom. The summed E-state index contributed by atoms with van der Waals surface area (Å²) in [6, 6.07) is 13.8. The first kappa shape index (κ1) is 17.2. The molecule has 3 nitrogen and oxygen atoms in total. The summed E-state index contributed by atoms with van der Waals surface area (Å²) in [5, 5.41) is 10.5. The normalized spacial score (nSPS) is 21.1. The number of nitrogens with zero attached hydrogens (tertiary/aromatic N) is 2. The lowest BCUT2D eigenvalue weighted by Gasteiger charge is -2.37. The molecule has 2 heterocycles. The van der Waals surface area contributed by atoms with Crippen LogP contribution in [-0.2, 0) is 6.54 Å². The van der Waals surface area contributed by atoms with Crippen LogP contribution in [0.25, 0.3) is 15.8 Å². The summed E-state index contributed by atoms with van der Waals surface area (Å²) in [6.45, 7) is 5.33. The van der Waals surface area contributed by atoms with Gasteiger partial charge in [0.25, 0.3) is 0 Å². The predicted octanol–water partition coefficient (Wildman–Crippen LogP) is 5.21. The maximum absolute atomic E-state index is 14.0. The van der Waals surface area contributed by atoms with Crippen LogP contribution in [-0.4, -0.2) is 27.1 Å². The van der Waals surface area contributed by atoms with Crippen LogP contribution in [0.4, 0.5) is 4.39 Å². The average molecular weight is 368 g/mol. The van der Waals surface area contributed by atoms with E-state index in [1.54, 1.807) is 6.07 Å². The van der Waals surface area contributed by atoms with Gasteiger partial charge >= 0.3 is 0 Å². The fourth-order valence-electron chi connectivity index (χ4n) is 3.66. The van der Waals surface area contributed by atoms with Crippen molar-refractivity contribution in [1.29, 1.82) is 0 Å². The number of hydrogen-bond donors (Lipinski definition) is 1. The lowest BCUT2D eigenvalue weighted by molar-refractivity contribution is 0.165. The molecule has 5 heteroatoms. The van der Waals surface area contributed by atoms with E-state index in [1.807, 2.05) is 6.07 Å². The summed E-state index contributed by atoms with van der Waals surface area (Å²) in [6.07, 6.45) is 3.11. The Labute approximate surface area is 156 Å². The van der Waals surface area contributed by atoms with Crippen LogP contribution >= 0.6 is 11.3 Å². The molecule has 0 saturated carbocycles. The van der Waals surface area contributed by atoms with Crippen LogP contribution in [0.2, 0.25) is 0 Å². The average Bonchev–Trinajstić information content (AvgIpc) is 3.03. The van der Waals surface area contributed by atoms with Crippen LogP contribution in [0.5, 0.6) is 5.75 Å². The van der Waals surface area contributed by atoms with Gasteiger partial charge < -0.3 is 5.11 Å². The fraction of sp³-hybridized carbons (Fsp3) is 0.286. The lowest BCUT2D eigenvalue weighted by atomic mass is 9.96. The number of thiazole rings is 1. The number of aromatic hydroxyl groups is 1. The van der Waals surface area contributed by atoms with E-state index in [4.69, 9.17) is 0 Å². The number of fused-ring (bicyclic) bond motifs is 1. The van der Waals surface area contributed by atoms with E-state index in [0.717, 1.165) is 29.6 Å². The van der Waals surface area contributed by atoms with Crippen LogP contribution in [0.1, 0.15) is 30.8 Å². The summed E-state index contributed by atoms with van der Waals surface area (Å²) < 4.78 is 14.7. The second-order valence-corrected chi connectivity index (χ2v) is 7.97. The smallest absolute Gasteiger partial charge is 0.153 e. The third-order valence-electron chi connectivity index (χ3n) is 4.96. The van der Waals surface area contributed by atoms with Gasteiger partial charge in [-0.15, -0.1) is 11.3 Å². The van der Waals surface area contributed by atoms with Gasteiger partial charge in [0.05, 0.1) is 4.70 Å². The number of phenolic OH excluding ortho intramolecular Hbond substituents is 1. The maximum Gasteiger partial charge on any atom is 0.153 e. The van der Waals surface area contributed by atoms with Gasteiger partial charge in [-0.3, -0.25) is 4.90 Å². The van der Waals surface area contributed by atoms with E-state index in [9.17, 15) is 9.50 Å². The molecule has 1 aliphatic heterocycles. The third-order valence-corrected chi connectivity index (χ3v) is 6.04. The zero-order valence-corrected chi connectivity index (χ0v) is 15.6. The monoisotopic (exact) mass is 368 g/mol. The third kappa shape index (κ3) is 3.24. The molecule has 26 heavy (non-hydrogen) atoms. The molecular formula is C21H21FN2OS. The Morgan fingerprint density at radius 1 is 1.23 bits per heavy atom. The van der Waals surface area contributed by atoms with Crippen molar-refractivity contribution >= 4 is 27.1 Å². The van der Waals surface area contributed by atoms with E-state index >= 15 is 0 Å². The summed E-state index contributed by atoms with van der Waals surface area (Å²) in [4.78, 5) is 6.97. The van der Waals surface area contributed by atoms with Gasteiger partial charge in [0.2, 0.25) is 0 Å². The highest BCUT2D eigenvalue weighted by Crippen LogP contribution is 2.36. The quantitative estimate of drug-likeness (QED) is 0.690. The zero-order valence-electron chi connectivity index (χ0n) is 14.8. The molecule has 134 valence electrons. The van der Waals surface area contributed by atoms with Gasteiger partial charge in [-0.2, -0.15) is 0 Å². The summed E-state index contributed by atoms with van der Waals surface area (Å²) in [7, 11) is 0. The molecule has 1 N–H and O–H groups in total. The minimum Gasteiger partial charge on any atom is -0.508 e. The second kappa shape index (κ2) is 6.82. The summed E-state index contributed by atoms with van der Waals surface area (Å²) in [5.41, 5.74) is 2.81. The number of benzene rings is 2.